The Morgan fingerprint density at radius 2 is 2.09 bits per heavy atom. The largest absolute Gasteiger partial charge is 0.408 e. The molecule has 9 heteroatoms. The first-order valence-electron chi connectivity index (χ1n) is 7.27. The summed E-state index contributed by atoms with van der Waals surface area (Å²) in [5, 5.41) is 6.49. The van der Waals surface area contributed by atoms with E-state index < -0.39 is 24.2 Å². The van der Waals surface area contributed by atoms with Crippen molar-refractivity contribution in [2.24, 2.45) is 7.05 Å². The van der Waals surface area contributed by atoms with Crippen LogP contribution in [0.4, 0.5) is 13.2 Å². The van der Waals surface area contributed by atoms with Gasteiger partial charge in [-0.2, -0.15) is 18.3 Å². The monoisotopic (exact) mass is 332 g/mol. The third-order valence-electron chi connectivity index (χ3n) is 3.80. The summed E-state index contributed by atoms with van der Waals surface area (Å²) in [6.07, 6.45) is -1.60. The highest BCUT2D eigenvalue weighted by atomic mass is 19.4. The molecule has 1 aromatic heterocycles. The van der Waals surface area contributed by atoms with Crippen LogP contribution in [0, 0.1) is 0 Å². The van der Waals surface area contributed by atoms with E-state index in [1.807, 2.05) is 0 Å². The van der Waals surface area contributed by atoms with Crippen molar-refractivity contribution in [3.63, 3.8) is 0 Å². The lowest BCUT2D eigenvalue weighted by Gasteiger charge is -2.40. The Balaban J connectivity index is 2.13. The first-order valence-corrected chi connectivity index (χ1v) is 7.27. The second-order valence-electron chi connectivity index (χ2n) is 5.78. The third-order valence-corrected chi connectivity index (χ3v) is 3.80. The van der Waals surface area contributed by atoms with E-state index in [9.17, 15) is 22.8 Å². The van der Waals surface area contributed by atoms with Crippen LogP contribution in [0.2, 0.25) is 0 Å². The zero-order valence-corrected chi connectivity index (χ0v) is 12.9. The van der Waals surface area contributed by atoms with Gasteiger partial charge in [-0.05, 0) is 18.4 Å². The molecule has 1 fully saturated rings. The van der Waals surface area contributed by atoms with Crippen LogP contribution in [-0.2, 0) is 23.1 Å². The number of hydrogen-bond acceptors (Lipinski definition) is 3. The summed E-state index contributed by atoms with van der Waals surface area (Å²) >= 11 is 0. The van der Waals surface area contributed by atoms with Crippen molar-refractivity contribution in [2.45, 2.75) is 44.4 Å². The quantitative estimate of drug-likeness (QED) is 0.899. The molecular weight excluding hydrogens is 313 g/mol. The summed E-state index contributed by atoms with van der Waals surface area (Å²) < 4.78 is 41.0. The van der Waals surface area contributed by atoms with Crippen molar-refractivity contribution in [1.82, 2.24) is 20.0 Å². The molecule has 2 amide bonds. The molecule has 0 spiro atoms. The molecule has 0 unspecified atom stereocenters. The number of carbonyl (C=O) groups is 2. The molecule has 0 bridgehead atoms. The molecule has 0 saturated carbocycles. The molecule has 0 aromatic carbocycles. The number of likely N-dealkylation sites (tertiary alicyclic amines) is 1. The normalized spacial score (nSPS) is 22.0. The minimum atomic E-state index is -4.48. The summed E-state index contributed by atoms with van der Waals surface area (Å²) in [6, 6.07) is -2.26. The van der Waals surface area contributed by atoms with Crippen molar-refractivity contribution in [2.75, 3.05) is 6.54 Å². The topological polar surface area (TPSA) is 67.2 Å². The molecule has 6 nitrogen and oxygen atoms in total. The zero-order chi connectivity index (χ0) is 17.2. The minimum absolute atomic E-state index is 0.136. The number of nitrogens with one attached hydrogen (secondary N) is 1. The van der Waals surface area contributed by atoms with Crippen molar-refractivity contribution in [3.05, 3.63) is 18.0 Å². The highest BCUT2D eigenvalue weighted by molar-refractivity contribution is 5.79. The summed E-state index contributed by atoms with van der Waals surface area (Å²) in [4.78, 5) is 24.3. The second-order valence-corrected chi connectivity index (χ2v) is 5.78. The van der Waals surface area contributed by atoms with Crippen LogP contribution in [0.5, 0.6) is 0 Å². The van der Waals surface area contributed by atoms with Gasteiger partial charge in [0.25, 0.3) is 0 Å². The Kier molecular flexibility index (Phi) is 4.96. The molecular formula is C14H19F3N4O2. The highest BCUT2D eigenvalue weighted by Gasteiger charge is 2.48. The molecule has 2 rings (SSSR count). The van der Waals surface area contributed by atoms with Gasteiger partial charge in [-0.25, -0.2) is 0 Å². The van der Waals surface area contributed by atoms with E-state index in [-0.39, 0.29) is 31.7 Å². The molecule has 2 atom stereocenters. The molecule has 128 valence electrons. The fourth-order valence-electron chi connectivity index (χ4n) is 2.83. The third kappa shape index (κ3) is 4.46. The number of hydrogen-bond donors (Lipinski definition) is 1. The van der Waals surface area contributed by atoms with E-state index in [1.54, 1.807) is 13.2 Å². The molecule has 1 aliphatic heterocycles. The Labute approximate surface area is 131 Å². The predicted octanol–water partition coefficient (Wildman–Crippen LogP) is 1.02. The summed E-state index contributed by atoms with van der Waals surface area (Å²) in [5.41, 5.74) is 0.556. The van der Waals surface area contributed by atoms with Crippen molar-refractivity contribution in [3.8, 4) is 0 Å². The fourth-order valence-corrected chi connectivity index (χ4v) is 2.83. The van der Waals surface area contributed by atoms with E-state index in [4.69, 9.17) is 0 Å². The minimum Gasteiger partial charge on any atom is -0.352 e. The van der Waals surface area contributed by atoms with Crippen LogP contribution in [0.1, 0.15) is 25.3 Å². The molecule has 1 aromatic rings. The van der Waals surface area contributed by atoms with Crippen molar-refractivity contribution >= 4 is 11.8 Å². The molecule has 0 aliphatic carbocycles. The van der Waals surface area contributed by atoms with Gasteiger partial charge in [0, 0.05) is 32.8 Å². The van der Waals surface area contributed by atoms with Gasteiger partial charge >= 0.3 is 6.18 Å². The number of aryl methyl sites for hydroxylation is 1. The van der Waals surface area contributed by atoms with E-state index >= 15 is 0 Å². The van der Waals surface area contributed by atoms with E-state index in [0.717, 1.165) is 4.90 Å². The average Bonchev–Trinajstić information content (AvgIpc) is 2.82. The number of amides is 2. The van der Waals surface area contributed by atoms with Crippen LogP contribution in [0.15, 0.2) is 12.4 Å². The van der Waals surface area contributed by atoms with Crippen LogP contribution >= 0.6 is 0 Å². The standard InChI is InChI=1S/C14H19F3N4O2/c1-9(22)19-11-3-4-12(14(15,16)17)21(8-11)13(23)5-10-6-18-20(2)7-10/h6-7,11-12H,3-5,8H2,1-2H3,(H,19,22)/t11-,12+/m1/s1. The number of aromatic nitrogens is 2. The number of rotatable bonds is 3. The fraction of sp³-hybridized carbons (Fsp3) is 0.643. The molecule has 23 heavy (non-hydrogen) atoms. The SMILES string of the molecule is CC(=O)N[C@@H]1CC[C@@H](C(F)(F)F)N(C(=O)Cc2cnn(C)c2)C1. The number of alkyl halides is 3. The first-order chi connectivity index (χ1) is 10.7. The molecule has 1 aliphatic rings. The number of nitrogens with zero attached hydrogens (tertiary/aromatic N) is 3. The lowest BCUT2D eigenvalue weighted by molar-refractivity contribution is -0.197. The Morgan fingerprint density at radius 3 is 2.61 bits per heavy atom. The maximum absolute atomic E-state index is 13.2. The highest BCUT2D eigenvalue weighted by Crippen LogP contribution is 2.32. The van der Waals surface area contributed by atoms with Gasteiger partial charge < -0.3 is 10.2 Å². The number of halogens is 3. The van der Waals surface area contributed by atoms with Crippen LogP contribution < -0.4 is 5.32 Å². The lowest BCUT2D eigenvalue weighted by atomic mass is 9.96. The second kappa shape index (κ2) is 6.59. The molecule has 0 radical (unpaired) electrons. The maximum atomic E-state index is 13.2. The first kappa shape index (κ1) is 17.3. The number of carbonyl (C=O) groups excluding carboxylic acids is 2. The Bertz CT molecular complexity index is 585. The Morgan fingerprint density at radius 1 is 1.39 bits per heavy atom. The van der Waals surface area contributed by atoms with Gasteiger partial charge in [0.2, 0.25) is 11.8 Å². The summed E-state index contributed by atoms with van der Waals surface area (Å²) in [5.74, 6) is -0.935. The van der Waals surface area contributed by atoms with Gasteiger partial charge in [-0.15, -0.1) is 0 Å². The van der Waals surface area contributed by atoms with Gasteiger partial charge in [0.15, 0.2) is 0 Å². The smallest absolute Gasteiger partial charge is 0.352 e. The van der Waals surface area contributed by atoms with Crippen LogP contribution in [0.3, 0.4) is 0 Å². The van der Waals surface area contributed by atoms with Gasteiger partial charge in [-0.3, -0.25) is 14.3 Å². The van der Waals surface area contributed by atoms with Crippen LogP contribution in [0.25, 0.3) is 0 Å². The van der Waals surface area contributed by atoms with Gasteiger partial charge in [0.1, 0.15) is 6.04 Å². The lowest BCUT2D eigenvalue weighted by Crippen LogP contribution is -2.58. The van der Waals surface area contributed by atoms with E-state index in [1.165, 1.54) is 17.8 Å². The molecule has 1 N–H and O–H groups in total. The summed E-state index contributed by atoms with van der Waals surface area (Å²) in [6.45, 7) is 1.17. The van der Waals surface area contributed by atoms with Crippen molar-refractivity contribution < 1.29 is 22.8 Å². The molecule has 1 saturated heterocycles. The van der Waals surface area contributed by atoms with E-state index in [0.29, 0.717) is 5.56 Å². The zero-order valence-electron chi connectivity index (χ0n) is 12.9. The van der Waals surface area contributed by atoms with Gasteiger partial charge in [-0.1, -0.05) is 0 Å². The Hall–Kier alpha value is -2.06. The summed E-state index contributed by atoms with van der Waals surface area (Å²) in [7, 11) is 1.67. The van der Waals surface area contributed by atoms with Gasteiger partial charge in [0.05, 0.1) is 12.6 Å². The average molecular weight is 332 g/mol. The van der Waals surface area contributed by atoms with Crippen LogP contribution in [-0.4, -0.2) is 51.3 Å². The predicted molar refractivity (Wildman–Crippen MR) is 75.3 cm³/mol. The van der Waals surface area contributed by atoms with E-state index in [2.05, 4.69) is 10.4 Å². The van der Waals surface area contributed by atoms with Crippen molar-refractivity contribution in [1.29, 1.82) is 0 Å². The number of piperidine rings is 1. The maximum Gasteiger partial charge on any atom is 0.408 e. The molecule has 2 heterocycles.